The number of hydrogen-bond donors (Lipinski definition) is 1. The molecule has 0 spiro atoms. The van der Waals surface area contributed by atoms with Gasteiger partial charge in [0.1, 0.15) is 11.9 Å². The number of piperazine rings is 1. The minimum atomic E-state index is -0.503. The highest BCUT2D eigenvalue weighted by atomic mass is 19.1. The molecule has 1 atom stereocenters. The fourth-order valence-electron chi connectivity index (χ4n) is 5.19. The number of aromatic nitrogens is 5. The number of pyridine rings is 1. The number of nitrogens with zero attached hydrogens (tertiary/aromatic N) is 6. The molecule has 10 nitrogen and oxygen atoms in total. The van der Waals surface area contributed by atoms with Crippen LogP contribution in [0.1, 0.15) is 44.6 Å². The van der Waals surface area contributed by atoms with E-state index in [1.54, 1.807) is 18.2 Å². The summed E-state index contributed by atoms with van der Waals surface area (Å²) in [5, 5.41) is 13.6. The number of tetrazole rings is 1. The van der Waals surface area contributed by atoms with Crippen LogP contribution >= 0.6 is 0 Å². The first kappa shape index (κ1) is 24.4. The van der Waals surface area contributed by atoms with Crippen LogP contribution in [-0.4, -0.2) is 63.1 Å². The topological polar surface area (TPSA) is 101 Å². The summed E-state index contributed by atoms with van der Waals surface area (Å²) in [6, 6.07) is 11.9. The van der Waals surface area contributed by atoms with Gasteiger partial charge in [-0.3, -0.25) is 9.69 Å². The van der Waals surface area contributed by atoms with Gasteiger partial charge >= 0.3 is 0 Å². The number of para-hydroxylation sites is 1. The van der Waals surface area contributed by atoms with Gasteiger partial charge in [-0.15, -0.1) is 5.10 Å². The Bertz CT molecular complexity index is 1540. The predicted molar refractivity (Wildman–Crippen MR) is 140 cm³/mol. The molecule has 4 aromatic rings. The van der Waals surface area contributed by atoms with E-state index in [0.717, 1.165) is 11.8 Å². The van der Waals surface area contributed by atoms with Crippen LogP contribution in [0.3, 0.4) is 0 Å². The van der Waals surface area contributed by atoms with Crippen LogP contribution in [0.4, 0.5) is 10.1 Å². The Kier molecular flexibility index (Phi) is 6.02. The lowest BCUT2D eigenvalue weighted by Gasteiger charge is -2.40. The van der Waals surface area contributed by atoms with Gasteiger partial charge in [0.25, 0.3) is 5.56 Å². The number of benzene rings is 2. The van der Waals surface area contributed by atoms with Crippen LogP contribution in [-0.2, 0) is 5.54 Å². The minimum Gasteiger partial charge on any atom is -0.454 e. The number of aromatic amines is 1. The highest BCUT2D eigenvalue weighted by Gasteiger charge is 2.36. The molecular formula is C27H30FN7O3. The van der Waals surface area contributed by atoms with E-state index in [4.69, 9.17) is 9.47 Å². The summed E-state index contributed by atoms with van der Waals surface area (Å²) < 4.78 is 27.4. The van der Waals surface area contributed by atoms with E-state index in [-0.39, 0.29) is 23.7 Å². The Morgan fingerprint density at radius 2 is 1.82 bits per heavy atom. The molecule has 1 N–H and O–H groups in total. The Morgan fingerprint density at radius 3 is 2.55 bits per heavy atom. The Morgan fingerprint density at radius 1 is 1.08 bits per heavy atom. The third-order valence-corrected chi connectivity index (χ3v) is 7.71. The van der Waals surface area contributed by atoms with Crippen LogP contribution in [0, 0.1) is 5.82 Å². The maximum Gasteiger partial charge on any atom is 0.253 e. The Balaban J connectivity index is 1.42. The lowest BCUT2D eigenvalue weighted by molar-refractivity contribution is 0.174. The molecular weight excluding hydrogens is 489 g/mol. The lowest BCUT2D eigenvalue weighted by Crippen LogP contribution is -2.49. The van der Waals surface area contributed by atoms with Crippen molar-refractivity contribution in [1.82, 2.24) is 30.1 Å². The van der Waals surface area contributed by atoms with Crippen molar-refractivity contribution < 1.29 is 13.9 Å². The molecule has 2 aromatic carbocycles. The average Bonchev–Trinajstić information content (AvgIpc) is 3.59. The molecule has 1 saturated heterocycles. The van der Waals surface area contributed by atoms with Crippen LogP contribution in [0.5, 0.6) is 11.5 Å². The van der Waals surface area contributed by atoms with E-state index < -0.39 is 6.04 Å². The van der Waals surface area contributed by atoms with Gasteiger partial charge in [0.15, 0.2) is 17.3 Å². The predicted octanol–water partition coefficient (Wildman–Crippen LogP) is 3.44. The van der Waals surface area contributed by atoms with Gasteiger partial charge in [-0.2, -0.15) is 0 Å². The number of fused-ring (bicyclic) bond motifs is 2. The Hall–Kier alpha value is -3.99. The summed E-state index contributed by atoms with van der Waals surface area (Å²) in [4.78, 5) is 20.8. The molecule has 0 bridgehead atoms. The van der Waals surface area contributed by atoms with E-state index >= 15 is 0 Å². The van der Waals surface area contributed by atoms with Crippen LogP contribution in [0.15, 0.2) is 47.3 Å². The maximum absolute atomic E-state index is 14.5. The van der Waals surface area contributed by atoms with E-state index in [1.165, 1.54) is 6.07 Å². The summed E-state index contributed by atoms with van der Waals surface area (Å²) in [5.41, 5.74) is 1.21. The van der Waals surface area contributed by atoms with Crippen molar-refractivity contribution in [2.24, 2.45) is 0 Å². The highest BCUT2D eigenvalue weighted by Crippen LogP contribution is 2.37. The molecule has 0 amide bonds. The van der Waals surface area contributed by atoms with Crippen molar-refractivity contribution in [1.29, 1.82) is 0 Å². The molecule has 2 aliphatic rings. The number of halogens is 1. The molecule has 2 aliphatic heterocycles. The SMILES string of the molecule is CCC(C)(C)n1nnnc1C(c1cc2cc3c(cc2[nH]c1=O)OCO3)N1CCN(c2ccccc2F)CC1. The number of ether oxygens (including phenoxy) is 2. The van der Waals surface area contributed by atoms with E-state index in [2.05, 4.69) is 46.2 Å². The van der Waals surface area contributed by atoms with Crippen molar-refractivity contribution >= 4 is 16.6 Å². The molecule has 2 aromatic heterocycles. The van der Waals surface area contributed by atoms with Gasteiger partial charge in [-0.05, 0) is 55.0 Å². The van der Waals surface area contributed by atoms with Gasteiger partial charge in [0, 0.05) is 43.2 Å². The van der Waals surface area contributed by atoms with Crippen molar-refractivity contribution in [3.05, 3.63) is 70.0 Å². The summed E-state index contributed by atoms with van der Waals surface area (Å²) in [5.74, 6) is 1.61. The summed E-state index contributed by atoms with van der Waals surface area (Å²) in [6.07, 6.45) is 0.802. The third-order valence-electron chi connectivity index (χ3n) is 7.71. The number of anilines is 1. The minimum absolute atomic E-state index is 0.151. The standard InChI is InChI=1S/C27H30FN7O3/c1-4-27(2,3)35-25(30-31-32-35)24(34-11-9-33(10-12-34)21-8-6-5-7-19(21)28)18-13-17-14-22-23(38-16-37-22)15-20(17)29-26(18)36/h5-8,13-15,24H,4,9-12,16H2,1-3H3,(H,29,36). The second kappa shape index (κ2) is 9.39. The van der Waals surface area contributed by atoms with Crippen molar-refractivity contribution in [3.8, 4) is 11.5 Å². The van der Waals surface area contributed by atoms with E-state index in [9.17, 15) is 9.18 Å². The van der Waals surface area contributed by atoms with Crippen LogP contribution in [0.25, 0.3) is 10.9 Å². The fourth-order valence-corrected chi connectivity index (χ4v) is 5.19. The normalized spacial score (nSPS) is 16.8. The summed E-state index contributed by atoms with van der Waals surface area (Å²) in [7, 11) is 0. The lowest BCUT2D eigenvalue weighted by atomic mass is 9.98. The average molecular weight is 520 g/mol. The molecule has 11 heteroatoms. The van der Waals surface area contributed by atoms with Crippen molar-refractivity contribution in [2.45, 2.75) is 38.8 Å². The zero-order chi connectivity index (χ0) is 26.4. The first-order valence-corrected chi connectivity index (χ1v) is 12.8. The number of hydrogen-bond acceptors (Lipinski definition) is 8. The molecule has 0 saturated carbocycles. The molecule has 198 valence electrons. The van der Waals surface area contributed by atoms with Gasteiger partial charge in [0.05, 0.1) is 16.7 Å². The smallest absolute Gasteiger partial charge is 0.253 e. The molecule has 1 unspecified atom stereocenters. The van der Waals surface area contributed by atoms with E-state index in [0.29, 0.717) is 60.3 Å². The number of nitrogens with one attached hydrogen (secondary N) is 1. The monoisotopic (exact) mass is 519 g/mol. The zero-order valence-electron chi connectivity index (χ0n) is 21.6. The van der Waals surface area contributed by atoms with Crippen LogP contribution < -0.4 is 19.9 Å². The fraction of sp³-hybridized carbons (Fsp3) is 0.407. The molecule has 6 rings (SSSR count). The number of H-pyrrole nitrogens is 1. The van der Waals surface area contributed by atoms with Gasteiger partial charge < -0.3 is 19.4 Å². The molecule has 0 radical (unpaired) electrons. The second-order valence-electron chi connectivity index (χ2n) is 10.3. The third kappa shape index (κ3) is 4.16. The largest absolute Gasteiger partial charge is 0.454 e. The molecule has 38 heavy (non-hydrogen) atoms. The van der Waals surface area contributed by atoms with E-state index in [1.807, 2.05) is 27.8 Å². The molecule has 1 fully saturated rings. The molecule has 4 heterocycles. The maximum atomic E-state index is 14.5. The second-order valence-corrected chi connectivity index (χ2v) is 10.3. The summed E-state index contributed by atoms with van der Waals surface area (Å²) in [6.45, 7) is 8.77. The Labute approximate surface area is 219 Å². The van der Waals surface area contributed by atoms with Gasteiger partial charge in [-0.1, -0.05) is 19.1 Å². The first-order chi connectivity index (χ1) is 18.4. The van der Waals surface area contributed by atoms with Crippen molar-refractivity contribution in [3.63, 3.8) is 0 Å². The zero-order valence-corrected chi connectivity index (χ0v) is 21.6. The van der Waals surface area contributed by atoms with Gasteiger partial charge in [-0.25, -0.2) is 9.07 Å². The summed E-state index contributed by atoms with van der Waals surface area (Å²) >= 11 is 0. The quantitative estimate of drug-likeness (QED) is 0.414. The highest BCUT2D eigenvalue weighted by molar-refractivity contribution is 5.83. The molecule has 0 aliphatic carbocycles. The van der Waals surface area contributed by atoms with Gasteiger partial charge in [0.2, 0.25) is 6.79 Å². The number of rotatable bonds is 6. The van der Waals surface area contributed by atoms with Crippen molar-refractivity contribution in [2.75, 3.05) is 37.9 Å². The first-order valence-electron chi connectivity index (χ1n) is 12.8. The van der Waals surface area contributed by atoms with Crippen LogP contribution in [0.2, 0.25) is 0 Å².